The van der Waals surface area contributed by atoms with Crippen molar-refractivity contribution in [2.45, 2.75) is 13.0 Å². The molecule has 15 heavy (non-hydrogen) atoms. The van der Waals surface area contributed by atoms with Crippen LogP contribution in [0.3, 0.4) is 0 Å². The molecule has 5 nitrogen and oxygen atoms in total. The summed E-state index contributed by atoms with van der Waals surface area (Å²) in [6.45, 7) is 1.74. The minimum atomic E-state index is -0.434. The maximum atomic E-state index is 9.06. The zero-order valence-electron chi connectivity index (χ0n) is 8.18. The Kier molecular flexibility index (Phi) is 2.72. The molecule has 1 unspecified atom stereocenters. The molecule has 2 aromatic rings. The minimum absolute atomic E-state index is 0.110. The maximum Gasteiger partial charge on any atom is 0.234 e. The van der Waals surface area contributed by atoms with E-state index >= 15 is 0 Å². The van der Waals surface area contributed by atoms with Crippen molar-refractivity contribution in [3.8, 4) is 0 Å². The van der Waals surface area contributed by atoms with Gasteiger partial charge in [0.15, 0.2) is 0 Å². The Hall–Kier alpha value is -0.980. The quantitative estimate of drug-likeness (QED) is 0.846. The number of aliphatic hydroxyl groups excluding tert-OH is 1. The first kappa shape index (κ1) is 10.5. The summed E-state index contributed by atoms with van der Waals surface area (Å²) in [6, 6.07) is -0.434. The van der Waals surface area contributed by atoms with Gasteiger partial charge in [0.1, 0.15) is 0 Å². The third kappa shape index (κ3) is 1.75. The fourth-order valence-electron chi connectivity index (χ4n) is 1.57. The first-order valence-electron chi connectivity index (χ1n) is 4.50. The number of hydrogen-bond donors (Lipinski definition) is 2. The van der Waals surface area contributed by atoms with Gasteiger partial charge in [-0.15, -0.1) is 0 Å². The van der Waals surface area contributed by atoms with E-state index in [2.05, 4.69) is 25.9 Å². The lowest BCUT2D eigenvalue weighted by atomic mass is 10.2. The molecule has 0 aliphatic carbocycles. The van der Waals surface area contributed by atoms with Crippen molar-refractivity contribution in [3.05, 3.63) is 28.3 Å². The van der Waals surface area contributed by atoms with Crippen LogP contribution in [0.2, 0.25) is 0 Å². The van der Waals surface area contributed by atoms with E-state index in [-0.39, 0.29) is 6.61 Å². The summed E-state index contributed by atoms with van der Waals surface area (Å²) in [4.78, 5) is 8.41. The first-order valence-corrected chi connectivity index (χ1v) is 5.29. The molecular formula is C9H11BrN4O. The highest BCUT2D eigenvalue weighted by Crippen LogP contribution is 2.18. The van der Waals surface area contributed by atoms with Gasteiger partial charge in [-0.25, -0.2) is 9.97 Å². The van der Waals surface area contributed by atoms with Gasteiger partial charge in [0.25, 0.3) is 0 Å². The second-order valence-electron chi connectivity index (χ2n) is 3.31. The molecule has 0 fully saturated rings. The Morgan fingerprint density at radius 3 is 3.07 bits per heavy atom. The number of halogens is 1. The van der Waals surface area contributed by atoms with Gasteiger partial charge in [0, 0.05) is 12.4 Å². The standard InChI is InChI=1S/C9H11BrN4O/c1-5-8(7(11)4-15)14-3-6(10)2-12-9(14)13-5/h2-3,7,15H,4,11H2,1H3. The van der Waals surface area contributed by atoms with Crippen LogP contribution in [0, 0.1) is 6.92 Å². The molecule has 0 saturated heterocycles. The number of nitrogens with two attached hydrogens (primary N) is 1. The summed E-state index contributed by atoms with van der Waals surface area (Å²) in [5.41, 5.74) is 7.39. The summed E-state index contributed by atoms with van der Waals surface area (Å²) in [5.74, 6) is 0.592. The van der Waals surface area contributed by atoms with Crippen LogP contribution in [0.1, 0.15) is 17.4 Å². The number of hydrogen-bond acceptors (Lipinski definition) is 4. The number of aryl methyl sites for hydroxylation is 1. The molecule has 6 heteroatoms. The third-order valence-electron chi connectivity index (χ3n) is 2.22. The molecule has 2 rings (SSSR count). The van der Waals surface area contributed by atoms with E-state index in [0.717, 1.165) is 15.9 Å². The number of fused-ring (bicyclic) bond motifs is 1. The lowest BCUT2D eigenvalue weighted by Gasteiger charge is -2.08. The highest BCUT2D eigenvalue weighted by molar-refractivity contribution is 9.10. The molecule has 3 N–H and O–H groups in total. The minimum Gasteiger partial charge on any atom is -0.394 e. The second-order valence-corrected chi connectivity index (χ2v) is 4.23. The summed E-state index contributed by atoms with van der Waals surface area (Å²) in [7, 11) is 0. The van der Waals surface area contributed by atoms with Crippen molar-refractivity contribution in [1.82, 2.24) is 14.4 Å². The molecule has 2 heterocycles. The topological polar surface area (TPSA) is 76.4 Å². The Bertz CT molecular complexity index is 496. The Morgan fingerprint density at radius 2 is 2.40 bits per heavy atom. The Morgan fingerprint density at radius 1 is 1.67 bits per heavy atom. The van der Waals surface area contributed by atoms with E-state index in [4.69, 9.17) is 10.8 Å². The molecule has 80 valence electrons. The van der Waals surface area contributed by atoms with Gasteiger partial charge in [-0.1, -0.05) is 0 Å². The van der Waals surface area contributed by atoms with Crippen LogP contribution in [-0.2, 0) is 0 Å². The number of aromatic nitrogens is 3. The van der Waals surface area contributed by atoms with Gasteiger partial charge in [0.2, 0.25) is 5.78 Å². The Balaban J connectivity index is 2.70. The van der Waals surface area contributed by atoms with Crippen LogP contribution in [0.5, 0.6) is 0 Å². The number of aliphatic hydroxyl groups is 1. The lowest BCUT2D eigenvalue weighted by molar-refractivity contribution is 0.265. The van der Waals surface area contributed by atoms with Crippen LogP contribution in [0.25, 0.3) is 5.78 Å². The van der Waals surface area contributed by atoms with E-state index in [0.29, 0.717) is 5.78 Å². The van der Waals surface area contributed by atoms with Crippen LogP contribution >= 0.6 is 15.9 Å². The first-order chi connectivity index (χ1) is 7.13. The molecule has 0 saturated carbocycles. The summed E-state index contributed by atoms with van der Waals surface area (Å²) >= 11 is 3.33. The van der Waals surface area contributed by atoms with Gasteiger partial charge in [-0.3, -0.25) is 4.40 Å². The highest BCUT2D eigenvalue weighted by Gasteiger charge is 2.15. The molecule has 0 amide bonds. The van der Waals surface area contributed by atoms with E-state index in [1.54, 1.807) is 10.6 Å². The summed E-state index contributed by atoms with van der Waals surface area (Å²) < 4.78 is 2.64. The predicted octanol–water partition coefficient (Wildman–Crippen LogP) is 0.792. The molecule has 0 aliphatic heterocycles. The van der Waals surface area contributed by atoms with Gasteiger partial charge < -0.3 is 10.8 Å². The fourth-order valence-corrected chi connectivity index (χ4v) is 1.88. The average molecular weight is 271 g/mol. The molecule has 0 bridgehead atoms. The Labute approximate surface area is 95.1 Å². The molecular weight excluding hydrogens is 260 g/mol. The van der Waals surface area contributed by atoms with Crippen LogP contribution in [0.4, 0.5) is 0 Å². The van der Waals surface area contributed by atoms with Gasteiger partial charge in [-0.2, -0.15) is 0 Å². The monoisotopic (exact) mass is 270 g/mol. The maximum absolute atomic E-state index is 9.06. The van der Waals surface area contributed by atoms with Crippen molar-refractivity contribution in [3.63, 3.8) is 0 Å². The molecule has 0 radical (unpaired) electrons. The zero-order chi connectivity index (χ0) is 11.0. The molecule has 1 atom stereocenters. The van der Waals surface area contributed by atoms with Crippen LogP contribution in [-0.4, -0.2) is 26.1 Å². The SMILES string of the molecule is Cc1nc2ncc(Br)cn2c1C(N)CO. The summed E-state index contributed by atoms with van der Waals surface area (Å²) in [5, 5.41) is 9.06. The summed E-state index contributed by atoms with van der Waals surface area (Å²) in [6.07, 6.45) is 3.52. The molecule has 0 aromatic carbocycles. The average Bonchev–Trinajstić information content (AvgIpc) is 2.52. The third-order valence-corrected chi connectivity index (χ3v) is 2.63. The number of imidazole rings is 1. The van der Waals surface area contributed by atoms with Crippen molar-refractivity contribution in [2.24, 2.45) is 5.73 Å². The smallest absolute Gasteiger partial charge is 0.234 e. The van der Waals surface area contributed by atoms with E-state index < -0.39 is 6.04 Å². The zero-order valence-corrected chi connectivity index (χ0v) is 9.77. The molecule has 2 aromatic heterocycles. The largest absolute Gasteiger partial charge is 0.394 e. The predicted molar refractivity (Wildman–Crippen MR) is 59.4 cm³/mol. The lowest BCUT2D eigenvalue weighted by Crippen LogP contribution is -2.17. The highest BCUT2D eigenvalue weighted by atomic mass is 79.9. The van der Waals surface area contributed by atoms with Gasteiger partial charge >= 0.3 is 0 Å². The number of nitrogens with zero attached hydrogens (tertiary/aromatic N) is 3. The van der Waals surface area contributed by atoms with Crippen molar-refractivity contribution in [2.75, 3.05) is 6.61 Å². The van der Waals surface area contributed by atoms with Crippen molar-refractivity contribution >= 4 is 21.7 Å². The fraction of sp³-hybridized carbons (Fsp3) is 0.333. The van der Waals surface area contributed by atoms with Gasteiger partial charge in [-0.05, 0) is 22.9 Å². The van der Waals surface area contributed by atoms with E-state index in [1.165, 1.54) is 0 Å². The van der Waals surface area contributed by atoms with Crippen LogP contribution in [0.15, 0.2) is 16.9 Å². The molecule has 0 aliphatic rings. The molecule has 0 spiro atoms. The second kappa shape index (κ2) is 3.88. The van der Waals surface area contributed by atoms with Crippen molar-refractivity contribution < 1.29 is 5.11 Å². The van der Waals surface area contributed by atoms with E-state index in [9.17, 15) is 0 Å². The van der Waals surface area contributed by atoms with Crippen LogP contribution < -0.4 is 5.73 Å². The number of rotatable bonds is 2. The van der Waals surface area contributed by atoms with Crippen molar-refractivity contribution in [1.29, 1.82) is 0 Å². The van der Waals surface area contributed by atoms with E-state index in [1.807, 2.05) is 13.1 Å². The van der Waals surface area contributed by atoms with Gasteiger partial charge in [0.05, 0.1) is 28.5 Å². The normalized spacial score (nSPS) is 13.3.